The molecule has 0 saturated carbocycles. The number of hydrogen-bond donors (Lipinski definition) is 1. The number of aromatic nitrogens is 3. The first-order chi connectivity index (χ1) is 12.2. The van der Waals surface area contributed by atoms with Gasteiger partial charge in [0.2, 0.25) is 0 Å². The van der Waals surface area contributed by atoms with Crippen molar-refractivity contribution in [2.45, 2.75) is 44.6 Å². The fourth-order valence-corrected chi connectivity index (χ4v) is 4.61. The van der Waals surface area contributed by atoms with E-state index in [0.717, 1.165) is 34.0 Å². The number of rotatable bonds is 4. The molecule has 1 aliphatic rings. The maximum absolute atomic E-state index is 12.9. The summed E-state index contributed by atoms with van der Waals surface area (Å²) in [5, 5.41) is 4.30. The minimum Gasteiger partial charge on any atom is -0.351 e. The summed E-state index contributed by atoms with van der Waals surface area (Å²) in [5.41, 5.74) is 1.45. The van der Waals surface area contributed by atoms with Crippen molar-refractivity contribution >= 4 is 39.6 Å². The van der Waals surface area contributed by atoms with Gasteiger partial charge in [-0.2, -0.15) is 5.10 Å². The summed E-state index contributed by atoms with van der Waals surface area (Å²) in [4.78, 5) is 20.7. The monoisotopic (exact) mass is 437 g/mol. The van der Waals surface area contributed by atoms with Crippen molar-refractivity contribution in [1.29, 1.82) is 0 Å². The molecular weight excluding hydrogens is 414 g/mol. The van der Waals surface area contributed by atoms with Crippen molar-refractivity contribution in [2.75, 3.05) is 11.4 Å². The van der Waals surface area contributed by atoms with Crippen LogP contribution in [0.5, 0.6) is 0 Å². The standard InChI is InChI=1S/C18H24BrN5OS/c1-11-8-18(3,4)24(9-11)16-13(6-7-15(19)20-16)17(25)22-26-14-10-23(5)21-12(14)2/h6-7,10-11H,8-9H2,1-5H3,(H,22,25). The van der Waals surface area contributed by atoms with Crippen molar-refractivity contribution in [3.8, 4) is 0 Å². The maximum Gasteiger partial charge on any atom is 0.265 e. The van der Waals surface area contributed by atoms with Crippen LogP contribution < -0.4 is 9.62 Å². The Bertz CT molecular complexity index is 835. The Labute approximate surface area is 167 Å². The van der Waals surface area contributed by atoms with Crippen molar-refractivity contribution < 1.29 is 4.79 Å². The highest BCUT2D eigenvalue weighted by atomic mass is 79.9. The Balaban J connectivity index is 1.85. The highest BCUT2D eigenvalue weighted by molar-refractivity contribution is 9.10. The molecule has 26 heavy (non-hydrogen) atoms. The minimum absolute atomic E-state index is 0.0324. The largest absolute Gasteiger partial charge is 0.351 e. The van der Waals surface area contributed by atoms with Crippen LogP contribution >= 0.6 is 27.9 Å². The summed E-state index contributed by atoms with van der Waals surface area (Å²) in [6, 6.07) is 3.64. The highest BCUT2D eigenvalue weighted by Gasteiger charge is 2.38. The van der Waals surface area contributed by atoms with Gasteiger partial charge in [-0.1, -0.05) is 6.92 Å². The first-order valence-corrected chi connectivity index (χ1v) is 10.2. The molecule has 2 aromatic heterocycles. The average molecular weight is 438 g/mol. The Morgan fingerprint density at radius 2 is 2.15 bits per heavy atom. The van der Waals surface area contributed by atoms with Gasteiger partial charge in [0.1, 0.15) is 10.4 Å². The lowest BCUT2D eigenvalue weighted by Gasteiger charge is -2.33. The van der Waals surface area contributed by atoms with E-state index >= 15 is 0 Å². The zero-order valence-electron chi connectivity index (χ0n) is 15.7. The number of carbonyl (C=O) groups is 1. The Morgan fingerprint density at radius 3 is 2.73 bits per heavy atom. The number of amides is 1. The van der Waals surface area contributed by atoms with Gasteiger partial charge >= 0.3 is 0 Å². The van der Waals surface area contributed by atoms with Crippen molar-refractivity contribution in [2.24, 2.45) is 13.0 Å². The third-order valence-corrected chi connectivity index (χ3v) is 5.99. The lowest BCUT2D eigenvalue weighted by atomic mass is 9.97. The molecule has 2 aromatic rings. The number of carbonyl (C=O) groups excluding carboxylic acids is 1. The molecule has 0 spiro atoms. The normalized spacial score (nSPS) is 19.0. The van der Waals surface area contributed by atoms with Crippen molar-refractivity contribution in [1.82, 2.24) is 19.5 Å². The molecular formula is C18H24BrN5OS. The van der Waals surface area contributed by atoms with Gasteiger partial charge in [-0.25, -0.2) is 4.98 Å². The van der Waals surface area contributed by atoms with Crippen LogP contribution in [0.1, 0.15) is 43.2 Å². The molecule has 0 bridgehead atoms. The maximum atomic E-state index is 12.9. The zero-order chi connectivity index (χ0) is 19.1. The SMILES string of the molecule is Cc1nn(C)cc1SNC(=O)c1ccc(Br)nc1N1CC(C)CC1(C)C. The van der Waals surface area contributed by atoms with E-state index in [-0.39, 0.29) is 11.4 Å². The quantitative estimate of drug-likeness (QED) is 0.579. The lowest BCUT2D eigenvalue weighted by molar-refractivity contribution is 0.0984. The van der Waals surface area contributed by atoms with Crippen LogP contribution in [0.15, 0.2) is 27.8 Å². The van der Waals surface area contributed by atoms with Gasteiger partial charge in [0.05, 0.1) is 16.2 Å². The first-order valence-electron chi connectivity index (χ1n) is 8.59. The average Bonchev–Trinajstić information content (AvgIpc) is 3.01. The van der Waals surface area contributed by atoms with E-state index in [4.69, 9.17) is 0 Å². The Kier molecular flexibility index (Phi) is 5.35. The van der Waals surface area contributed by atoms with Gasteiger partial charge in [-0.05, 0) is 73.1 Å². The lowest BCUT2D eigenvalue weighted by Crippen LogP contribution is -2.40. The van der Waals surface area contributed by atoms with Gasteiger partial charge in [-0.3, -0.25) is 14.2 Å². The number of anilines is 1. The van der Waals surface area contributed by atoms with Crippen LogP contribution in [-0.2, 0) is 7.05 Å². The number of nitrogens with zero attached hydrogens (tertiary/aromatic N) is 4. The molecule has 140 valence electrons. The molecule has 3 heterocycles. The molecule has 1 amide bonds. The van der Waals surface area contributed by atoms with Crippen molar-refractivity contribution in [3.63, 3.8) is 0 Å². The van der Waals surface area contributed by atoms with E-state index in [2.05, 4.69) is 56.4 Å². The fourth-order valence-electron chi connectivity index (χ4n) is 3.60. The second-order valence-corrected chi connectivity index (χ2v) is 9.18. The fraction of sp³-hybridized carbons (Fsp3) is 0.500. The Morgan fingerprint density at radius 1 is 1.42 bits per heavy atom. The predicted octanol–water partition coefficient (Wildman–Crippen LogP) is 3.95. The minimum atomic E-state index is -0.149. The van der Waals surface area contributed by atoms with Gasteiger partial charge in [-0.15, -0.1) is 0 Å². The van der Waals surface area contributed by atoms with E-state index in [1.807, 2.05) is 32.3 Å². The molecule has 0 aromatic carbocycles. The second kappa shape index (κ2) is 7.23. The summed E-state index contributed by atoms with van der Waals surface area (Å²) in [7, 11) is 1.87. The van der Waals surface area contributed by atoms with Gasteiger partial charge in [0.25, 0.3) is 5.91 Å². The van der Waals surface area contributed by atoms with Crippen LogP contribution in [-0.4, -0.2) is 32.8 Å². The summed E-state index contributed by atoms with van der Waals surface area (Å²) in [5.74, 6) is 1.15. The van der Waals surface area contributed by atoms with Gasteiger partial charge < -0.3 is 4.90 Å². The van der Waals surface area contributed by atoms with Gasteiger partial charge in [0, 0.05) is 25.3 Å². The van der Waals surface area contributed by atoms with Crippen LogP contribution in [0.25, 0.3) is 0 Å². The van der Waals surface area contributed by atoms with E-state index in [1.165, 1.54) is 11.9 Å². The summed E-state index contributed by atoms with van der Waals surface area (Å²) < 4.78 is 5.41. The molecule has 3 rings (SSSR count). The molecule has 8 heteroatoms. The van der Waals surface area contributed by atoms with Crippen LogP contribution in [0.4, 0.5) is 5.82 Å². The van der Waals surface area contributed by atoms with E-state index in [1.54, 1.807) is 4.68 Å². The van der Waals surface area contributed by atoms with Crippen LogP contribution in [0.2, 0.25) is 0 Å². The summed E-state index contributed by atoms with van der Waals surface area (Å²) in [6.07, 6.45) is 2.97. The third kappa shape index (κ3) is 3.91. The predicted molar refractivity (Wildman–Crippen MR) is 108 cm³/mol. The summed E-state index contributed by atoms with van der Waals surface area (Å²) in [6.45, 7) is 9.46. The van der Waals surface area contributed by atoms with Gasteiger partial charge in [0.15, 0.2) is 0 Å². The van der Waals surface area contributed by atoms with Crippen LogP contribution in [0, 0.1) is 12.8 Å². The number of pyridine rings is 1. The molecule has 1 saturated heterocycles. The number of hydrogen-bond acceptors (Lipinski definition) is 5. The molecule has 0 radical (unpaired) electrons. The van der Waals surface area contributed by atoms with Crippen LogP contribution in [0.3, 0.4) is 0 Å². The van der Waals surface area contributed by atoms with E-state index in [0.29, 0.717) is 11.5 Å². The highest BCUT2D eigenvalue weighted by Crippen LogP contribution is 2.38. The smallest absolute Gasteiger partial charge is 0.265 e. The zero-order valence-corrected chi connectivity index (χ0v) is 18.1. The summed E-state index contributed by atoms with van der Waals surface area (Å²) >= 11 is 4.73. The second-order valence-electron chi connectivity index (χ2n) is 7.52. The molecule has 1 atom stereocenters. The molecule has 6 nitrogen and oxygen atoms in total. The molecule has 1 aliphatic heterocycles. The molecule has 0 aliphatic carbocycles. The van der Waals surface area contributed by atoms with Crippen molar-refractivity contribution in [3.05, 3.63) is 34.2 Å². The van der Waals surface area contributed by atoms with E-state index in [9.17, 15) is 4.79 Å². The Hall–Kier alpha value is -1.54. The molecule has 1 N–H and O–H groups in total. The first kappa shape index (κ1) is 19.2. The number of aryl methyl sites for hydroxylation is 2. The molecule has 1 fully saturated rings. The number of halogens is 1. The molecule has 1 unspecified atom stereocenters. The number of nitrogens with one attached hydrogen (secondary N) is 1. The van der Waals surface area contributed by atoms with E-state index < -0.39 is 0 Å². The topological polar surface area (TPSA) is 63.1 Å². The third-order valence-electron chi connectivity index (χ3n) is 4.64.